The summed E-state index contributed by atoms with van der Waals surface area (Å²) in [6, 6.07) is 3.97. The number of halogens is 1. The molecule has 2 aromatic rings. The molecular formula is C10H8ClNS2. The maximum absolute atomic E-state index is 5.89. The highest BCUT2D eigenvalue weighted by Gasteiger charge is 2.26. The summed E-state index contributed by atoms with van der Waals surface area (Å²) in [7, 11) is 0. The molecule has 2 aromatic heterocycles. The van der Waals surface area contributed by atoms with Gasteiger partial charge < -0.3 is 0 Å². The van der Waals surface area contributed by atoms with Crippen LogP contribution in [0.5, 0.6) is 0 Å². The first-order valence-electron chi connectivity index (χ1n) is 4.54. The lowest BCUT2D eigenvalue weighted by atomic mass is 10.4. The van der Waals surface area contributed by atoms with Gasteiger partial charge in [-0.2, -0.15) is 0 Å². The molecule has 1 aliphatic carbocycles. The van der Waals surface area contributed by atoms with Crippen LogP contribution >= 0.6 is 34.3 Å². The second kappa shape index (κ2) is 3.33. The number of hydrogen-bond donors (Lipinski definition) is 0. The van der Waals surface area contributed by atoms with Gasteiger partial charge in [0.25, 0.3) is 0 Å². The number of hydrogen-bond acceptors (Lipinski definition) is 3. The van der Waals surface area contributed by atoms with Gasteiger partial charge in [0, 0.05) is 11.3 Å². The first-order valence-corrected chi connectivity index (χ1v) is 6.61. The van der Waals surface area contributed by atoms with Crippen LogP contribution in [0.2, 0.25) is 4.34 Å². The number of nitrogens with zero attached hydrogens (tertiary/aromatic N) is 1. The summed E-state index contributed by atoms with van der Waals surface area (Å²) in [5.74, 6) is 0.754. The summed E-state index contributed by atoms with van der Waals surface area (Å²) >= 11 is 9.26. The molecule has 0 N–H and O–H groups in total. The third-order valence-electron chi connectivity index (χ3n) is 2.27. The molecule has 0 bridgehead atoms. The van der Waals surface area contributed by atoms with Crippen molar-refractivity contribution in [1.29, 1.82) is 0 Å². The van der Waals surface area contributed by atoms with Crippen molar-refractivity contribution >= 4 is 34.3 Å². The van der Waals surface area contributed by atoms with E-state index in [1.807, 2.05) is 12.1 Å². The van der Waals surface area contributed by atoms with Gasteiger partial charge in [-0.25, -0.2) is 4.98 Å². The van der Waals surface area contributed by atoms with Crippen molar-refractivity contribution in [3.63, 3.8) is 0 Å². The van der Waals surface area contributed by atoms with Gasteiger partial charge in [-0.3, -0.25) is 0 Å². The molecule has 3 rings (SSSR count). The van der Waals surface area contributed by atoms with Gasteiger partial charge in [-0.1, -0.05) is 11.6 Å². The monoisotopic (exact) mass is 241 g/mol. The van der Waals surface area contributed by atoms with Crippen molar-refractivity contribution < 1.29 is 0 Å². The van der Waals surface area contributed by atoms with Crippen molar-refractivity contribution in [2.75, 3.05) is 0 Å². The fourth-order valence-electron chi connectivity index (χ4n) is 1.37. The van der Waals surface area contributed by atoms with Crippen LogP contribution < -0.4 is 0 Å². The zero-order valence-electron chi connectivity index (χ0n) is 7.37. The minimum atomic E-state index is 0.754. The van der Waals surface area contributed by atoms with E-state index in [9.17, 15) is 0 Å². The first-order chi connectivity index (χ1) is 6.83. The summed E-state index contributed by atoms with van der Waals surface area (Å²) in [4.78, 5) is 5.80. The number of aromatic nitrogens is 1. The fourth-order valence-corrected chi connectivity index (χ4v) is 3.44. The lowest BCUT2D eigenvalue weighted by Crippen LogP contribution is -1.76. The van der Waals surface area contributed by atoms with E-state index in [2.05, 4.69) is 10.4 Å². The Hall–Kier alpha value is -0.380. The van der Waals surface area contributed by atoms with Crippen LogP contribution in [-0.4, -0.2) is 4.98 Å². The standard InChI is InChI=1S/C10H8ClNS2/c11-9-4-3-8(14-9)7-5-13-10(12-7)6-1-2-6/h3-6H,1-2H2. The Kier molecular flexibility index (Phi) is 2.11. The van der Waals surface area contributed by atoms with Crippen LogP contribution in [0.3, 0.4) is 0 Å². The van der Waals surface area contributed by atoms with Crippen molar-refractivity contribution in [2.45, 2.75) is 18.8 Å². The molecule has 14 heavy (non-hydrogen) atoms. The molecule has 1 saturated carbocycles. The predicted octanol–water partition coefficient (Wildman–Crippen LogP) is 4.40. The Morgan fingerprint density at radius 1 is 1.36 bits per heavy atom. The van der Waals surface area contributed by atoms with Gasteiger partial charge in [0.05, 0.1) is 19.9 Å². The molecule has 0 atom stereocenters. The fraction of sp³-hybridized carbons (Fsp3) is 0.300. The second-order valence-electron chi connectivity index (χ2n) is 3.45. The minimum Gasteiger partial charge on any atom is -0.240 e. The lowest BCUT2D eigenvalue weighted by molar-refractivity contribution is 1.09. The second-order valence-corrected chi connectivity index (χ2v) is 6.05. The van der Waals surface area contributed by atoms with Crippen LogP contribution in [0.15, 0.2) is 17.5 Å². The molecule has 0 amide bonds. The third kappa shape index (κ3) is 1.60. The zero-order valence-corrected chi connectivity index (χ0v) is 9.75. The van der Waals surface area contributed by atoms with E-state index < -0.39 is 0 Å². The van der Waals surface area contributed by atoms with Gasteiger partial charge in [0.1, 0.15) is 0 Å². The van der Waals surface area contributed by atoms with E-state index in [1.165, 1.54) is 22.7 Å². The number of thiazole rings is 1. The van der Waals surface area contributed by atoms with Crippen LogP contribution in [0.25, 0.3) is 10.6 Å². The lowest BCUT2D eigenvalue weighted by Gasteiger charge is -1.88. The molecule has 72 valence electrons. The van der Waals surface area contributed by atoms with Crippen LogP contribution in [0, 0.1) is 0 Å². The molecule has 0 aromatic carbocycles. The highest BCUT2D eigenvalue weighted by Crippen LogP contribution is 2.43. The maximum atomic E-state index is 5.89. The van der Waals surface area contributed by atoms with Gasteiger partial charge in [-0.15, -0.1) is 22.7 Å². The van der Waals surface area contributed by atoms with Crippen LogP contribution in [0.4, 0.5) is 0 Å². The summed E-state index contributed by atoms with van der Waals surface area (Å²) in [5, 5.41) is 3.43. The molecule has 1 aliphatic rings. The Morgan fingerprint density at radius 3 is 2.86 bits per heavy atom. The molecule has 4 heteroatoms. The highest BCUT2D eigenvalue weighted by atomic mass is 35.5. The van der Waals surface area contributed by atoms with E-state index in [1.54, 1.807) is 22.7 Å². The number of thiophene rings is 1. The van der Waals surface area contributed by atoms with Gasteiger partial charge in [0.2, 0.25) is 0 Å². The average molecular weight is 242 g/mol. The Labute approximate surface area is 95.4 Å². The first kappa shape index (κ1) is 8.89. The molecular weight excluding hydrogens is 234 g/mol. The van der Waals surface area contributed by atoms with Crippen LogP contribution in [-0.2, 0) is 0 Å². The summed E-state index contributed by atoms with van der Waals surface area (Å²) in [5.41, 5.74) is 1.09. The van der Waals surface area contributed by atoms with Crippen molar-refractivity contribution in [3.8, 4) is 10.6 Å². The smallest absolute Gasteiger partial charge is 0.0963 e. The Balaban J connectivity index is 1.95. The molecule has 0 aliphatic heterocycles. The average Bonchev–Trinajstić information content (AvgIpc) is 2.76. The van der Waals surface area contributed by atoms with E-state index in [0.29, 0.717) is 0 Å². The van der Waals surface area contributed by atoms with Gasteiger partial charge in [0.15, 0.2) is 0 Å². The van der Waals surface area contributed by atoms with Crippen molar-refractivity contribution in [2.24, 2.45) is 0 Å². The van der Waals surface area contributed by atoms with Gasteiger partial charge in [-0.05, 0) is 25.0 Å². The molecule has 0 radical (unpaired) electrons. The van der Waals surface area contributed by atoms with E-state index >= 15 is 0 Å². The molecule has 1 fully saturated rings. The topological polar surface area (TPSA) is 12.9 Å². The van der Waals surface area contributed by atoms with Crippen molar-refractivity contribution in [3.05, 3.63) is 26.9 Å². The summed E-state index contributed by atoms with van der Waals surface area (Å²) in [6.45, 7) is 0. The van der Waals surface area contributed by atoms with Crippen LogP contribution in [0.1, 0.15) is 23.8 Å². The quantitative estimate of drug-likeness (QED) is 0.759. The Morgan fingerprint density at radius 2 is 2.21 bits per heavy atom. The molecule has 1 nitrogen and oxygen atoms in total. The minimum absolute atomic E-state index is 0.754. The van der Waals surface area contributed by atoms with Gasteiger partial charge >= 0.3 is 0 Å². The Bertz CT molecular complexity index is 456. The van der Waals surface area contributed by atoms with E-state index in [4.69, 9.17) is 11.6 Å². The highest BCUT2D eigenvalue weighted by molar-refractivity contribution is 7.19. The largest absolute Gasteiger partial charge is 0.240 e. The molecule has 2 heterocycles. The maximum Gasteiger partial charge on any atom is 0.0963 e. The molecule has 0 unspecified atom stereocenters. The number of rotatable bonds is 2. The predicted molar refractivity (Wildman–Crippen MR) is 62.4 cm³/mol. The van der Waals surface area contributed by atoms with E-state index in [0.717, 1.165) is 15.9 Å². The normalized spacial score (nSPS) is 16.1. The summed E-state index contributed by atoms with van der Waals surface area (Å²) in [6.07, 6.45) is 2.64. The molecule has 0 spiro atoms. The van der Waals surface area contributed by atoms with E-state index in [-0.39, 0.29) is 0 Å². The SMILES string of the molecule is Clc1ccc(-c2csc(C3CC3)n2)s1. The molecule has 0 saturated heterocycles. The van der Waals surface area contributed by atoms with Crippen molar-refractivity contribution in [1.82, 2.24) is 4.98 Å². The zero-order chi connectivity index (χ0) is 9.54. The summed E-state index contributed by atoms with van der Waals surface area (Å²) < 4.78 is 0.834. The third-order valence-corrected chi connectivity index (χ3v) is 4.54.